The van der Waals surface area contributed by atoms with Gasteiger partial charge in [0.15, 0.2) is 5.11 Å². The zero-order chi connectivity index (χ0) is 20.2. The summed E-state index contributed by atoms with van der Waals surface area (Å²) in [5.74, 6) is 0.806. The molecule has 3 heterocycles. The monoisotopic (exact) mass is 408 g/mol. The molecule has 0 bridgehead atoms. The number of aliphatic hydroxyl groups is 1. The van der Waals surface area contributed by atoms with Crippen LogP contribution in [-0.4, -0.2) is 44.9 Å². The van der Waals surface area contributed by atoms with Crippen LogP contribution in [0.15, 0.2) is 67.0 Å². The Morgan fingerprint density at radius 1 is 1.17 bits per heavy atom. The highest BCUT2D eigenvalue weighted by Gasteiger charge is 2.40. The van der Waals surface area contributed by atoms with Crippen LogP contribution in [0.4, 0.5) is 0 Å². The Morgan fingerprint density at radius 3 is 2.83 bits per heavy atom. The lowest BCUT2D eigenvalue weighted by molar-refractivity contribution is 0.244. The number of methoxy groups -OCH3 is 1. The van der Waals surface area contributed by atoms with Gasteiger partial charge in [0, 0.05) is 43.0 Å². The normalized spacial score (nSPS) is 18.7. The first-order valence-electron chi connectivity index (χ1n) is 9.63. The lowest BCUT2D eigenvalue weighted by atomic mass is 10.0. The van der Waals surface area contributed by atoms with Crippen molar-refractivity contribution in [2.24, 2.45) is 0 Å². The lowest BCUT2D eigenvalue weighted by Gasteiger charge is -2.28. The van der Waals surface area contributed by atoms with Crippen LogP contribution in [0.5, 0.6) is 5.75 Å². The molecular weight excluding hydrogens is 384 g/mol. The highest BCUT2D eigenvalue weighted by atomic mass is 32.1. The van der Waals surface area contributed by atoms with E-state index in [1.165, 1.54) is 0 Å². The number of hydrogen-bond acceptors (Lipinski definition) is 4. The molecule has 1 aromatic carbocycles. The van der Waals surface area contributed by atoms with Crippen LogP contribution in [0.1, 0.15) is 29.9 Å². The van der Waals surface area contributed by atoms with Crippen molar-refractivity contribution in [2.75, 3.05) is 20.3 Å². The molecule has 29 heavy (non-hydrogen) atoms. The van der Waals surface area contributed by atoms with Crippen LogP contribution in [0, 0.1) is 0 Å². The van der Waals surface area contributed by atoms with Crippen LogP contribution in [0.2, 0.25) is 0 Å². The van der Waals surface area contributed by atoms with E-state index in [4.69, 9.17) is 17.0 Å². The Bertz CT molecular complexity index is 976. The maximum Gasteiger partial charge on any atom is 0.170 e. The Kier molecular flexibility index (Phi) is 5.78. The summed E-state index contributed by atoms with van der Waals surface area (Å²) in [5, 5.41) is 13.5. The van der Waals surface area contributed by atoms with Crippen LogP contribution in [-0.2, 0) is 0 Å². The SMILES string of the molecule is COc1cccc(-n2cccc2[C@H]2[C@H](c3ccccn3)NC(=S)N2CCCO)c1. The number of pyridine rings is 1. The molecule has 0 saturated carbocycles. The van der Waals surface area contributed by atoms with Crippen molar-refractivity contribution >= 4 is 17.3 Å². The van der Waals surface area contributed by atoms with Gasteiger partial charge in [-0.3, -0.25) is 4.98 Å². The van der Waals surface area contributed by atoms with Crippen molar-refractivity contribution in [3.05, 3.63) is 78.4 Å². The Hall–Kier alpha value is -2.90. The Balaban J connectivity index is 1.78. The van der Waals surface area contributed by atoms with Crippen molar-refractivity contribution in [1.82, 2.24) is 19.8 Å². The number of benzene rings is 1. The second-order valence-corrected chi connectivity index (χ2v) is 7.29. The van der Waals surface area contributed by atoms with Crippen molar-refractivity contribution in [1.29, 1.82) is 0 Å². The summed E-state index contributed by atoms with van der Waals surface area (Å²) in [6.45, 7) is 0.788. The molecule has 2 atom stereocenters. The minimum Gasteiger partial charge on any atom is -0.497 e. The van der Waals surface area contributed by atoms with Crippen LogP contribution >= 0.6 is 12.2 Å². The van der Waals surface area contributed by atoms with E-state index in [-0.39, 0.29) is 18.7 Å². The van der Waals surface area contributed by atoms with Gasteiger partial charge in [0.2, 0.25) is 0 Å². The van der Waals surface area contributed by atoms with Gasteiger partial charge in [-0.15, -0.1) is 0 Å². The van der Waals surface area contributed by atoms with E-state index in [2.05, 4.69) is 31.9 Å². The van der Waals surface area contributed by atoms with Gasteiger partial charge >= 0.3 is 0 Å². The minimum atomic E-state index is -0.0818. The number of hydrogen-bond donors (Lipinski definition) is 2. The van der Waals surface area contributed by atoms with E-state index >= 15 is 0 Å². The molecule has 1 saturated heterocycles. The van der Waals surface area contributed by atoms with Gasteiger partial charge in [0.05, 0.1) is 24.9 Å². The summed E-state index contributed by atoms with van der Waals surface area (Å²) in [6.07, 6.45) is 4.49. The van der Waals surface area contributed by atoms with Gasteiger partial charge in [-0.05, 0) is 55.0 Å². The summed E-state index contributed by atoms with van der Waals surface area (Å²) in [7, 11) is 1.67. The summed E-state index contributed by atoms with van der Waals surface area (Å²) in [5.41, 5.74) is 3.05. The van der Waals surface area contributed by atoms with Gasteiger partial charge in [-0.1, -0.05) is 12.1 Å². The third-order valence-corrected chi connectivity index (χ3v) is 5.52. The zero-order valence-corrected chi connectivity index (χ0v) is 17.0. The summed E-state index contributed by atoms with van der Waals surface area (Å²) in [6, 6.07) is 17.9. The predicted molar refractivity (Wildman–Crippen MR) is 116 cm³/mol. The van der Waals surface area contributed by atoms with Gasteiger partial charge in [0.25, 0.3) is 0 Å². The molecule has 1 aliphatic heterocycles. The minimum absolute atomic E-state index is 0.0508. The molecule has 0 radical (unpaired) electrons. The van der Waals surface area contributed by atoms with Crippen LogP contribution in [0.25, 0.3) is 5.69 Å². The molecule has 2 aromatic heterocycles. The highest BCUT2D eigenvalue weighted by molar-refractivity contribution is 7.80. The summed E-state index contributed by atoms with van der Waals surface area (Å²) >= 11 is 5.66. The number of nitrogens with zero attached hydrogens (tertiary/aromatic N) is 3. The first kappa shape index (κ1) is 19.4. The molecule has 0 aliphatic carbocycles. The first-order chi connectivity index (χ1) is 14.2. The summed E-state index contributed by atoms with van der Waals surface area (Å²) in [4.78, 5) is 6.72. The van der Waals surface area contributed by atoms with E-state index in [9.17, 15) is 5.11 Å². The zero-order valence-electron chi connectivity index (χ0n) is 16.2. The third-order valence-electron chi connectivity index (χ3n) is 5.17. The number of thiocarbonyl (C=S) groups is 1. The fraction of sp³-hybridized carbons (Fsp3) is 0.273. The van der Waals surface area contributed by atoms with Gasteiger partial charge in [0.1, 0.15) is 5.75 Å². The number of aromatic nitrogens is 2. The van der Waals surface area contributed by atoms with E-state index in [0.717, 1.165) is 22.8 Å². The second-order valence-electron chi connectivity index (χ2n) is 6.90. The van der Waals surface area contributed by atoms with Crippen molar-refractivity contribution < 1.29 is 9.84 Å². The number of ether oxygens (including phenoxy) is 1. The van der Waals surface area contributed by atoms with Crippen molar-refractivity contribution in [2.45, 2.75) is 18.5 Å². The first-order valence-corrected chi connectivity index (χ1v) is 10.0. The molecule has 0 spiro atoms. The average Bonchev–Trinajstić information content (AvgIpc) is 3.37. The standard InChI is InChI=1S/C22H24N4O2S/c1-28-17-8-4-7-16(15-17)25-12-5-10-19(25)21-20(18-9-2-3-11-23-18)24-22(29)26(21)13-6-14-27/h2-5,7-12,15,20-21,27H,6,13-14H2,1H3,(H,24,29)/t20-,21-/m0/s1. The molecule has 0 unspecified atom stereocenters. The molecule has 2 N–H and O–H groups in total. The lowest BCUT2D eigenvalue weighted by Crippen LogP contribution is -2.31. The topological polar surface area (TPSA) is 62.5 Å². The second kappa shape index (κ2) is 8.63. The van der Waals surface area contributed by atoms with E-state index < -0.39 is 0 Å². The van der Waals surface area contributed by atoms with E-state index in [1.54, 1.807) is 13.3 Å². The largest absolute Gasteiger partial charge is 0.497 e. The molecular formula is C22H24N4O2S. The number of rotatable bonds is 7. The Morgan fingerprint density at radius 2 is 2.07 bits per heavy atom. The van der Waals surface area contributed by atoms with Gasteiger partial charge in [-0.2, -0.15) is 0 Å². The highest BCUT2D eigenvalue weighted by Crippen LogP contribution is 2.39. The smallest absolute Gasteiger partial charge is 0.170 e. The fourth-order valence-corrected chi connectivity index (χ4v) is 4.17. The predicted octanol–water partition coefficient (Wildman–Crippen LogP) is 3.24. The van der Waals surface area contributed by atoms with Crippen LogP contribution < -0.4 is 10.1 Å². The van der Waals surface area contributed by atoms with E-state index in [0.29, 0.717) is 18.1 Å². The van der Waals surface area contributed by atoms with Crippen LogP contribution in [0.3, 0.4) is 0 Å². The Labute approximate surface area is 175 Å². The van der Waals surface area contributed by atoms with Gasteiger partial charge < -0.3 is 24.6 Å². The molecule has 150 valence electrons. The molecule has 3 aromatic rings. The van der Waals surface area contributed by atoms with Crippen molar-refractivity contribution in [3.8, 4) is 11.4 Å². The maximum atomic E-state index is 9.38. The van der Waals surface area contributed by atoms with E-state index in [1.807, 2.05) is 48.7 Å². The molecule has 1 fully saturated rings. The number of nitrogens with one attached hydrogen (secondary N) is 1. The van der Waals surface area contributed by atoms with Gasteiger partial charge in [-0.25, -0.2) is 0 Å². The molecule has 7 heteroatoms. The van der Waals surface area contributed by atoms with Crippen molar-refractivity contribution in [3.63, 3.8) is 0 Å². The molecule has 0 amide bonds. The maximum absolute atomic E-state index is 9.38. The molecule has 1 aliphatic rings. The fourth-order valence-electron chi connectivity index (χ4n) is 3.84. The average molecular weight is 409 g/mol. The summed E-state index contributed by atoms with van der Waals surface area (Å²) < 4.78 is 7.56. The molecule has 6 nitrogen and oxygen atoms in total. The third kappa shape index (κ3) is 3.83. The molecule has 4 rings (SSSR count). The number of aliphatic hydroxyl groups excluding tert-OH is 1. The quantitative estimate of drug-likeness (QED) is 0.586.